The summed E-state index contributed by atoms with van der Waals surface area (Å²) in [5.41, 5.74) is 4.32. The van der Waals surface area contributed by atoms with E-state index in [2.05, 4.69) is 39.0 Å². The standard InChI is InChI=1S/C10H14.3CH4/c1-4-10-7-5-6-8(2)9(10)3;;;/h5-7H,4H2,1-3H3;3*1H4. The molecule has 0 heteroatoms. The van der Waals surface area contributed by atoms with Crippen molar-refractivity contribution in [1.29, 1.82) is 0 Å². The Hall–Kier alpha value is -0.780. The number of hydrogen-bond donors (Lipinski definition) is 0. The van der Waals surface area contributed by atoms with E-state index < -0.39 is 0 Å². The molecule has 1 aromatic carbocycles. The Morgan fingerprint density at radius 3 is 1.92 bits per heavy atom. The number of benzene rings is 1. The zero-order valence-corrected chi connectivity index (χ0v) is 6.94. The third-order valence-corrected chi connectivity index (χ3v) is 2.10. The minimum atomic E-state index is 0. The first kappa shape index (κ1) is 18.1. The molecule has 13 heavy (non-hydrogen) atoms. The van der Waals surface area contributed by atoms with E-state index in [1.165, 1.54) is 16.7 Å². The van der Waals surface area contributed by atoms with Crippen molar-refractivity contribution < 1.29 is 0 Å². The highest BCUT2D eigenvalue weighted by atomic mass is 14.0. The summed E-state index contributed by atoms with van der Waals surface area (Å²) >= 11 is 0. The lowest BCUT2D eigenvalue weighted by Gasteiger charge is -2.04. The Labute approximate surface area is 85.0 Å². The molecule has 0 saturated heterocycles. The van der Waals surface area contributed by atoms with Crippen LogP contribution in [0.5, 0.6) is 0 Å². The molecular weight excluding hydrogens is 156 g/mol. The van der Waals surface area contributed by atoms with Crippen LogP contribution in [0.1, 0.15) is 45.9 Å². The van der Waals surface area contributed by atoms with E-state index in [0.717, 1.165) is 6.42 Å². The molecule has 1 rings (SSSR count). The van der Waals surface area contributed by atoms with Gasteiger partial charge in [-0.1, -0.05) is 47.4 Å². The zero-order valence-electron chi connectivity index (χ0n) is 6.94. The zero-order chi connectivity index (χ0) is 7.56. The van der Waals surface area contributed by atoms with E-state index in [-0.39, 0.29) is 22.3 Å². The SMILES string of the molecule is C.C.C.CCc1cccc(C)c1C. The van der Waals surface area contributed by atoms with E-state index in [4.69, 9.17) is 0 Å². The highest BCUT2D eigenvalue weighted by molar-refractivity contribution is 5.32. The predicted molar refractivity (Wildman–Crippen MR) is 65.5 cm³/mol. The van der Waals surface area contributed by atoms with Crippen LogP contribution in [0.4, 0.5) is 0 Å². The highest BCUT2D eigenvalue weighted by Gasteiger charge is 1.95. The topological polar surface area (TPSA) is 0 Å². The maximum absolute atomic E-state index is 2.20. The van der Waals surface area contributed by atoms with E-state index >= 15 is 0 Å². The van der Waals surface area contributed by atoms with Gasteiger partial charge in [0.1, 0.15) is 0 Å². The second-order valence-electron chi connectivity index (χ2n) is 2.71. The fourth-order valence-electron chi connectivity index (χ4n) is 1.19. The average molecular weight is 182 g/mol. The molecule has 78 valence electrons. The molecule has 0 radical (unpaired) electrons. The molecule has 0 saturated carbocycles. The molecule has 0 nitrogen and oxygen atoms in total. The quantitative estimate of drug-likeness (QED) is 0.586. The Bertz CT molecular complexity index is 223. The van der Waals surface area contributed by atoms with Crippen LogP contribution >= 0.6 is 0 Å². The first-order chi connectivity index (χ1) is 4.75. The van der Waals surface area contributed by atoms with E-state index in [0.29, 0.717) is 0 Å². The van der Waals surface area contributed by atoms with Crippen molar-refractivity contribution in [1.82, 2.24) is 0 Å². The Balaban J connectivity index is -0.000000333. The molecule has 0 unspecified atom stereocenters. The van der Waals surface area contributed by atoms with Crippen LogP contribution in [0.2, 0.25) is 0 Å². The molecule has 0 fully saturated rings. The van der Waals surface area contributed by atoms with Crippen LogP contribution in [0.3, 0.4) is 0 Å². The first-order valence-electron chi connectivity index (χ1n) is 3.80. The molecule has 0 aliphatic heterocycles. The lowest BCUT2D eigenvalue weighted by Crippen LogP contribution is -1.88. The molecule has 0 aromatic heterocycles. The van der Waals surface area contributed by atoms with Gasteiger partial charge in [0.05, 0.1) is 0 Å². The smallest absolute Gasteiger partial charge is 0.0305 e. The lowest BCUT2D eigenvalue weighted by molar-refractivity contribution is 1.09. The predicted octanol–water partition coefficient (Wildman–Crippen LogP) is 4.77. The van der Waals surface area contributed by atoms with Gasteiger partial charge in [-0.2, -0.15) is 0 Å². The third kappa shape index (κ3) is 4.12. The van der Waals surface area contributed by atoms with Crippen molar-refractivity contribution in [3.63, 3.8) is 0 Å². The van der Waals surface area contributed by atoms with Gasteiger partial charge >= 0.3 is 0 Å². The first-order valence-corrected chi connectivity index (χ1v) is 3.80. The van der Waals surface area contributed by atoms with Crippen LogP contribution in [0, 0.1) is 13.8 Å². The summed E-state index contributed by atoms with van der Waals surface area (Å²) in [4.78, 5) is 0. The fourth-order valence-corrected chi connectivity index (χ4v) is 1.19. The Morgan fingerprint density at radius 2 is 1.54 bits per heavy atom. The summed E-state index contributed by atoms with van der Waals surface area (Å²) < 4.78 is 0. The minimum Gasteiger partial charge on any atom is -0.0776 e. The van der Waals surface area contributed by atoms with Crippen molar-refractivity contribution in [2.45, 2.75) is 49.5 Å². The van der Waals surface area contributed by atoms with Gasteiger partial charge in [0.2, 0.25) is 0 Å². The van der Waals surface area contributed by atoms with Gasteiger partial charge in [0, 0.05) is 0 Å². The summed E-state index contributed by atoms with van der Waals surface area (Å²) in [5, 5.41) is 0. The monoisotopic (exact) mass is 182 g/mol. The van der Waals surface area contributed by atoms with Gasteiger partial charge in [-0.15, -0.1) is 0 Å². The summed E-state index contributed by atoms with van der Waals surface area (Å²) in [6.07, 6.45) is 1.15. The molecule has 0 aliphatic rings. The van der Waals surface area contributed by atoms with E-state index in [1.54, 1.807) is 0 Å². The summed E-state index contributed by atoms with van der Waals surface area (Å²) in [7, 11) is 0. The maximum atomic E-state index is 2.20. The largest absolute Gasteiger partial charge is 0.0776 e. The second-order valence-corrected chi connectivity index (χ2v) is 2.71. The number of hydrogen-bond acceptors (Lipinski definition) is 0. The van der Waals surface area contributed by atoms with Crippen LogP contribution in [0.15, 0.2) is 18.2 Å². The number of aryl methyl sites for hydroxylation is 2. The highest BCUT2D eigenvalue weighted by Crippen LogP contribution is 2.12. The van der Waals surface area contributed by atoms with Crippen LogP contribution in [-0.2, 0) is 6.42 Å². The molecule has 0 atom stereocenters. The van der Waals surface area contributed by atoms with Crippen molar-refractivity contribution in [2.75, 3.05) is 0 Å². The van der Waals surface area contributed by atoms with Gasteiger partial charge in [-0.25, -0.2) is 0 Å². The third-order valence-electron chi connectivity index (χ3n) is 2.10. The van der Waals surface area contributed by atoms with Crippen LogP contribution in [0.25, 0.3) is 0 Å². The van der Waals surface area contributed by atoms with Gasteiger partial charge in [0.15, 0.2) is 0 Å². The molecule has 0 aliphatic carbocycles. The molecule has 0 amide bonds. The van der Waals surface area contributed by atoms with Crippen LogP contribution in [-0.4, -0.2) is 0 Å². The molecule has 0 bridgehead atoms. The molecule has 0 N–H and O–H groups in total. The van der Waals surface area contributed by atoms with E-state index in [1.807, 2.05) is 0 Å². The van der Waals surface area contributed by atoms with Gasteiger partial charge in [0.25, 0.3) is 0 Å². The van der Waals surface area contributed by atoms with Gasteiger partial charge in [-0.3, -0.25) is 0 Å². The minimum absolute atomic E-state index is 0. The normalized spacial score (nSPS) is 7.62. The molecule has 1 aromatic rings. The summed E-state index contributed by atoms with van der Waals surface area (Å²) in [6.45, 7) is 6.55. The number of rotatable bonds is 1. The van der Waals surface area contributed by atoms with Gasteiger partial charge < -0.3 is 0 Å². The maximum Gasteiger partial charge on any atom is -0.0305 e. The molecule has 0 spiro atoms. The van der Waals surface area contributed by atoms with Crippen molar-refractivity contribution in [3.05, 3.63) is 34.9 Å². The molecule has 0 heterocycles. The average Bonchev–Trinajstić information content (AvgIpc) is 1.95. The Morgan fingerprint density at radius 1 is 1.00 bits per heavy atom. The van der Waals surface area contributed by atoms with E-state index in [9.17, 15) is 0 Å². The summed E-state index contributed by atoms with van der Waals surface area (Å²) in [5.74, 6) is 0. The molecular formula is C13H26. The van der Waals surface area contributed by atoms with Gasteiger partial charge in [-0.05, 0) is 37.0 Å². The lowest BCUT2D eigenvalue weighted by atomic mass is 10.0. The summed E-state index contributed by atoms with van der Waals surface area (Å²) in [6, 6.07) is 6.48. The van der Waals surface area contributed by atoms with Crippen molar-refractivity contribution >= 4 is 0 Å². The van der Waals surface area contributed by atoms with Crippen molar-refractivity contribution in [3.8, 4) is 0 Å². The Kier molecular flexibility index (Phi) is 10.9. The van der Waals surface area contributed by atoms with Crippen molar-refractivity contribution in [2.24, 2.45) is 0 Å². The van der Waals surface area contributed by atoms with Crippen LogP contribution < -0.4 is 0 Å². The fraction of sp³-hybridized carbons (Fsp3) is 0.538. The second kappa shape index (κ2) is 7.85.